The highest BCUT2D eigenvalue weighted by atomic mass is 32.2. The lowest BCUT2D eigenvalue weighted by atomic mass is 9.96. The summed E-state index contributed by atoms with van der Waals surface area (Å²) in [6.07, 6.45) is 7.09. The SMILES string of the molecule is c1ccc(-c2cc(-c3ccccn3)nc(-c3cc(-c4cc(N5c6ccccc6Oc6ccccc65)cc(N5c6ccccc6Sc6ccccc65)c4)cc(-c4nc(-c5ccccn5)cc(-c5ccccn5)n4)c3)n2)nc1. The van der Waals surface area contributed by atoms with E-state index < -0.39 is 0 Å². The van der Waals surface area contributed by atoms with Gasteiger partial charge >= 0.3 is 0 Å². The number of aromatic nitrogens is 8. The Kier molecular flexibility index (Phi) is 11.1. The van der Waals surface area contributed by atoms with Crippen LogP contribution in [0.3, 0.4) is 0 Å². The Bertz CT molecular complexity index is 3680. The van der Waals surface area contributed by atoms with Gasteiger partial charge in [0.15, 0.2) is 23.1 Å². The molecular weight excluding hydrogens is 957 g/mol. The number of hydrogen-bond donors (Lipinski definition) is 0. The molecule has 0 fully saturated rings. The monoisotopic (exact) mass is 996 g/mol. The highest BCUT2D eigenvalue weighted by Gasteiger charge is 2.30. The van der Waals surface area contributed by atoms with Crippen molar-refractivity contribution in [1.29, 1.82) is 0 Å². The van der Waals surface area contributed by atoms with Crippen LogP contribution in [0, 0.1) is 0 Å². The van der Waals surface area contributed by atoms with Crippen molar-refractivity contribution in [1.82, 2.24) is 39.9 Å². The van der Waals surface area contributed by atoms with Gasteiger partial charge in [0.05, 0.1) is 68.3 Å². The van der Waals surface area contributed by atoms with Gasteiger partial charge in [0.25, 0.3) is 0 Å². The van der Waals surface area contributed by atoms with E-state index in [1.807, 2.05) is 109 Å². The summed E-state index contributed by atoms with van der Waals surface area (Å²) in [7, 11) is 0. The van der Waals surface area contributed by atoms with Crippen LogP contribution in [0.4, 0.5) is 34.1 Å². The molecule has 76 heavy (non-hydrogen) atoms. The number of nitrogens with zero attached hydrogens (tertiary/aromatic N) is 10. The molecule has 2 aliphatic rings. The van der Waals surface area contributed by atoms with E-state index in [1.54, 1.807) is 36.5 Å². The molecule has 12 heteroatoms. The number of anilines is 6. The summed E-state index contributed by atoms with van der Waals surface area (Å²) >= 11 is 1.78. The molecule has 0 radical (unpaired) electrons. The first-order chi connectivity index (χ1) is 37.6. The van der Waals surface area contributed by atoms with Crippen molar-refractivity contribution in [3.8, 4) is 91.0 Å². The minimum Gasteiger partial charge on any atom is -0.453 e. The maximum absolute atomic E-state index is 6.58. The molecule has 6 aromatic carbocycles. The maximum Gasteiger partial charge on any atom is 0.160 e. The Morgan fingerprint density at radius 1 is 0.289 bits per heavy atom. The van der Waals surface area contributed by atoms with Crippen molar-refractivity contribution in [3.63, 3.8) is 0 Å². The van der Waals surface area contributed by atoms with E-state index in [2.05, 4.69) is 119 Å². The fourth-order valence-corrected chi connectivity index (χ4v) is 10.8. The van der Waals surface area contributed by atoms with Crippen molar-refractivity contribution in [2.45, 2.75) is 9.79 Å². The Morgan fingerprint density at radius 2 is 0.632 bits per heavy atom. The first-order valence-electron chi connectivity index (χ1n) is 24.7. The fraction of sp³-hybridized carbons (Fsp3) is 0. The predicted molar refractivity (Wildman–Crippen MR) is 300 cm³/mol. The topological polar surface area (TPSA) is 119 Å². The van der Waals surface area contributed by atoms with E-state index in [4.69, 9.17) is 44.6 Å². The summed E-state index contributed by atoms with van der Waals surface area (Å²) in [6, 6.07) is 73.8. The maximum atomic E-state index is 6.58. The van der Waals surface area contributed by atoms with E-state index in [0.717, 1.165) is 77.7 Å². The Balaban J connectivity index is 1.06. The largest absolute Gasteiger partial charge is 0.453 e. The van der Waals surface area contributed by atoms with Crippen LogP contribution in [0.15, 0.2) is 253 Å². The van der Waals surface area contributed by atoms with Crippen LogP contribution >= 0.6 is 11.8 Å². The van der Waals surface area contributed by atoms with E-state index in [9.17, 15) is 0 Å². The summed E-state index contributed by atoms with van der Waals surface area (Å²) in [5.41, 5.74) is 14.5. The van der Waals surface area contributed by atoms with Crippen LogP contribution in [0.25, 0.3) is 79.5 Å². The second kappa shape index (κ2) is 19.0. The van der Waals surface area contributed by atoms with Crippen molar-refractivity contribution in [2.24, 2.45) is 0 Å². The highest BCUT2D eigenvalue weighted by Crippen LogP contribution is 2.55. The third-order valence-electron chi connectivity index (χ3n) is 13.2. The van der Waals surface area contributed by atoms with Gasteiger partial charge in [0.2, 0.25) is 0 Å². The number of para-hydroxylation sites is 6. The van der Waals surface area contributed by atoms with Crippen molar-refractivity contribution in [2.75, 3.05) is 9.80 Å². The van der Waals surface area contributed by atoms with Crippen LogP contribution in [0.1, 0.15) is 0 Å². The molecule has 6 aromatic heterocycles. The number of ether oxygens (including phenoxy) is 1. The average molecular weight is 997 g/mol. The number of rotatable bonds is 9. The van der Waals surface area contributed by atoms with E-state index in [-0.39, 0.29) is 0 Å². The summed E-state index contributed by atoms with van der Waals surface area (Å²) in [5, 5.41) is 0. The Labute approximate surface area is 442 Å². The molecule has 14 rings (SSSR count). The van der Waals surface area contributed by atoms with Gasteiger partial charge in [-0.05, 0) is 157 Å². The molecule has 0 atom stereocenters. The third-order valence-corrected chi connectivity index (χ3v) is 14.4. The molecule has 0 bridgehead atoms. The Hall–Kier alpha value is -10.2. The molecule has 12 aromatic rings. The van der Waals surface area contributed by atoms with Crippen molar-refractivity contribution >= 4 is 45.9 Å². The van der Waals surface area contributed by atoms with Crippen molar-refractivity contribution in [3.05, 3.63) is 243 Å². The fourth-order valence-electron chi connectivity index (χ4n) is 9.77. The second-order valence-corrected chi connectivity index (χ2v) is 19.2. The smallest absolute Gasteiger partial charge is 0.160 e. The molecule has 358 valence electrons. The molecule has 0 saturated heterocycles. The quantitative estimate of drug-likeness (QED) is 0.137. The molecule has 8 heterocycles. The molecule has 0 spiro atoms. The van der Waals surface area contributed by atoms with Gasteiger partial charge in [0, 0.05) is 57.1 Å². The molecule has 0 amide bonds. The number of hydrogen-bond acceptors (Lipinski definition) is 12. The van der Waals surface area contributed by atoms with Gasteiger partial charge < -0.3 is 14.5 Å². The minimum atomic E-state index is 0.473. The van der Waals surface area contributed by atoms with Gasteiger partial charge in [-0.2, -0.15) is 0 Å². The minimum absolute atomic E-state index is 0.473. The molecule has 2 aliphatic heterocycles. The molecule has 0 N–H and O–H groups in total. The molecular formula is C64H40N10OS. The lowest BCUT2D eigenvalue weighted by Crippen LogP contribution is -2.18. The van der Waals surface area contributed by atoms with Gasteiger partial charge in [-0.1, -0.05) is 84.6 Å². The molecule has 11 nitrogen and oxygen atoms in total. The van der Waals surface area contributed by atoms with E-state index in [0.29, 0.717) is 57.2 Å². The zero-order valence-corrected chi connectivity index (χ0v) is 41.2. The molecule has 0 saturated carbocycles. The predicted octanol–water partition coefficient (Wildman–Crippen LogP) is 16.0. The number of benzene rings is 6. The first kappa shape index (κ1) is 44.5. The zero-order chi connectivity index (χ0) is 50.4. The van der Waals surface area contributed by atoms with Crippen LogP contribution in [-0.2, 0) is 0 Å². The standard InChI is InChI=1S/C64H40N10OS/c1-5-25-59-55(21-1)73(56-22-2-6-26-60(56)75-59)45-36-42(37-46(38-45)74-57-23-3-7-27-61(57)76-62-28-8-4-24-58(62)74)41-33-43(63-69-51(47-17-9-13-29-65-47)39-52(70-63)48-18-10-14-30-66-48)35-44(34-41)64-71-53(49-19-11-15-31-67-49)40-54(72-64)50-20-12-16-32-68-50/h1-40H. The molecule has 0 unspecified atom stereocenters. The summed E-state index contributed by atoms with van der Waals surface area (Å²) < 4.78 is 6.58. The molecule has 0 aliphatic carbocycles. The van der Waals surface area contributed by atoms with Gasteiger partial charge in [-0.25, -0.2) is 19.9 Å². The zero-order valence-electron chi connectivity index (χ0n) is 40.4. The van der Waals surface area contributed by atoms with Gasteiger partial charge in [-0.15, -0.1) is 0 Å². The lowest BCUT2D eigenvalue weighted by Gasteiger charge is -2.36. The first-order valence-corrected chi connectivity index (χ1v) is 25.5. The Morgan fingerprint density at radius 3 is 1.04 bits per heavy atom. The highest BCUT2D eigenvalue weighted by molar-refractivity contribution is 7.99. The van der Waals surface area contributed by atoms with Crippen LogP contribution in [0.2, 0.25) is 0 Å². The lowest BCUT2D eigenvalue weighted by molar-refractivity contribution is 0.477. The van der Waals surface area contributed by atoms with Gasteiger partial charge in [0.1, 0.15) is 0 Å². The summed E-state index contributed by atoms with van der Waals surface area (Å²) in [6.45, 7) is 0. The number of fused-ring (bicyclic) bond motifs is 4. The normalized spacial score (nSPS) is 12.2. The second-order valence-electron chi connectivity index (χ2n) is 18.1. The van der Waals surface area contributed by atoms with Crippen LogP contribution in [0.5, 0.6) is 11.5 Å². The van der Waals surface area contributed by atoms with E-state index >= 15 is 0 Å². The number of pyridine rings is 4. The van der Waals surface area contributed by atoms with E-state index in [1.165, 1.54) is 0 Å². The summed E-state index contributed by atoms with van der Waals surface area (Å²) in [5.74, 6) is 2.46. The average Bonchev–Trinajstić information content (AvgIpc) is 3.50. The third kappa shape index (κ3) is 8.34. The summed E-state index contributed by atoms with van der Waals surface area (Å²) in [4.78, 5) is 47.1. The van der Waals surface area contributed by atoms with Gasteiger partial charge in [-0.3, -0.25) is 19.9 Å². The van der Waals surface area contributed by atoms with Crippen LogP contribution in [-0.4, -0.2) is 39.9 Å². The van der Waals surface area contributed by atoms with Crippen LogP contribution < -0.4 is 14.5 Å². The van der Waals surface area contributed by atoms with Crippen molar-refractivity contribution < 1.29 is 4.74 Å².